The van der Waals surface area contributed by atoms with Crippen LogP contribution in [-0.4, -0.2) is 23.4 Å². The number of benzene rings is 1. The van der Waals surface area contributed by atoms with Gasteiger partial charge in [-0.2, -0.15) is 0 Å². The van der Waals surface area contributed by atoms with Crippen molar-refractivity contribution in [3.63, 3.8) is 0 Å². The van der Waals surface area contributed by atoms with Crippen molar-refractivity contribution in [3.8, 4) is 5.75 Å². The first kappa shape index (κ1) is 15.5. The molecule has 21 heavy (non-hydrogen) atoms. The van der Waals surface area contributed by atoms with Gasteiger partial charge < -0.3 is 5.11 Å². The van der Waals surface area contributed by atoms with Gasteiger partial charge in [-0.05, 0) is 13.0 Å². The molecule has 0 saturated heterocycles. The van der Waals surface area contributed by atoms with Crippen LogP contribution >= 0.6 is 22.9 Å². The number of phenolic OH excluding ortho intramolecular Hbond substituents is 1. The van der Waals surface area contributed by atoms with E-state index in [0.717, 1.165) is 12.1 Å². The topological polar surface area (TPSA) is 122 Å². The van der Waals surface area contributed by atoms with Gasteiger partial charge in [-0.3, -0.25) is 14.8 Å². The van der Waals surface area contributed by atoms with Gasteiger partial charge in [0.2, 0.25) is 0 Å². The third-order valence-electron chi connectivity index (χ3n) is 2.43. The summed E-state index contributed by atoms with van der Waals surface area (Å²) in [4.78, 5) is 13.9. The van der Waals surface area contributed by atoms with E-state index in [1.807, 2.05) is 4.72 Å². The van der Waals surface area contributed by atoms with E-state index >= 15 is 0 Å². The van der Waals surface area contributed by atoms with Crippen molar-refractivity contribution in [1.29, 1.82) is 0 Å². The summed E-state index contributed by atoms with van der Waals surface area (Å²) in [6, 6.07) is 3.45. The van der Waals surface area contributed by atoms with Crippen molar-refractivity contribution in [2.24, 2.45) is 0 Å². The first-order valence-corrected chi connectivity index (χ1v) is 8.02. The number of halogens is 1. The second kappa shape index (κ2) is 5.47. The number of rotatable bonds is 4. The minimum Gasteiger partial charge on any atom is -0.505 e. The first-order chi connectivity index (χ1) is 9.72. The van der Waals surface area contributed by atoms with Gasteiger partial charge in [0, 0.05) is 6.07 Å². The number of aromatic nitrogens is 1. The number of thiazole rings is 1. The number of aromatic hydroxyl groups is 1. The molecular formula is C10H8ClN3O5S2. The van der Waals surface area contributed by atoms with Crippen molar-refractivity contribution in [3.05, 3.63) is 38.5 Å². The monoisotopic (exact) mass is 349 g/mol. The van der Waals surface area contributed by atoms with Crippen LogP contribution in [0.1, 0.15) is 5.69 Å². The molecule has 0 radical (unpaired) electrons. The van der Waals surface area contributed by atoms with Crippen LogP contribution in [0.15, 0.2) is 22.4 Å². The molecule has 0 fully saturated rings. The summed E-state index contributed by atoms with van der Waals surface area (Å²) in [7, 11) is -4.14. The number of nitrogens with zero attached hydrogens (tertiary/aromatic N) is 2. The Morgan fingerprint density at radius 1 is 1.48 bits per heavy atom. The number of nitro groups is 1. The maximum absolute atomic E-state index is 12.2. The van der Waals surface area contributed by atoms with Crippen molar-refractivity contribution in [2.75, 3.05) is 4.72 Å². The molecule has 0 bridgehead atoms. The number of hydrogen-bond acceptors (Lipinski definition) is 7. The van der Waals surface area contributed by atoms with E-state index in [-0.39, 0.29) is 14.4 Å². The van der Waals surface area contributed by atoms with Crippen LogP contribution in [0, 0.1) is 17.0 Å². The van der Waals surface area contributed by atoms with Crippen molar-refractivity contribution in [1.82, 2.24) is 4.98 Å². The van der Waals surface area contributed by atoms with E-state index in [1.165, 1.54) is 13.0 Å². The van der Waals surface area contributed by atoms with E-state index in [2.05, 4.69) is 4.98 Å². The van der Waals surface area contributed by atoms with Crippen molar-refractivity contribution in [2.45, 2.75) is 11.1 Å². The number of sulfonamides is 1. The average molecular weight is 350 g/mol. The molecule has 2 N–H and O–H groups in total. The summed E-state index contributed by atoms with van der Waals surface area (Å²) in [5.74, 6) is -0.555. The zero-order chi connectivity index (χ0) is 15.8. The average Bonchev–Trinajstić information content (AvgIpc) is 2.71. The van der Waals surface area contributed by atoms with Crippen LogP contribution < -0.4 is 4.72 Å². The fourth-order valence-electron chi connectivity index (χ4n) is 1.57. The Morgan fingerprint density at radius 3 is 2.67 bits per heavy atom. The number of para-hydroxylation sites is 1. The predicted octanol–water partition coefficient (Wildman–Crippen LogP) is 2.52. The molecule has 2 aromatic rings. The van der Waals surface area contributed by atoms with Crippen molar-refractivity contribution >= 4 is 44.3 Å². The van der Waals surface area contributed by atoms with E-state index in [0.29, 0.717) is 11.3 Å². The lowest BCUT2D eigenvalue weighted by molar-refractivity contribution is -0.383. The maximum atomic E-state index is 12.2. The zero-order valence-corrected chi connectivity index (χ0v) is 12.8. The number of nitrogens with one attached hydrogen (secondary N) is 1. The lowest BCUT2D eigenvalue weighted by Crippen LogP contribution is -2.14. The summed E-state index contributed by atoms with van der Waals surface area (Å²) in [6.07, 6.45) is 0. The molecule has 0 saturated carbocycles. The van der Waals surface area contributed by atoms with Gasteiger partial charge in [0.15, 0.2) is 14.4 Å². The smallest absolute Gasteiger partial charge is 0.297 e. The van der Waals surface area contributed by atoms with E-state index in [4.69, 9.17) is 11.6 Å². The molecule has 0 spiro atoms. The molecule has 0 atom stereocenters. The molecular weight excluding hydrogens is 342 g/mol. The highest BCUT2D eigenvalue weighted by Gasteiger charge is 2.27. The number of anilines is 1. The highest BCUT2D eigenvalue weighted by Crippen LogP contribution is 2.36. The highest BCUT2D eigenvalue weighted by molar-refractivity contribution is 7.94. The zero-order valence-electron chi connectivity index (χ0n) is 10.4. The minimum absolute atomic E-state index is 0.0275. The molecule has 0 aliphatic heterocycles. The fourth-order valence-corrected chi connectivity index (χ4v) is 4.40. The Bertz CT molecular complexity index is 818. The molecule has 2 rings (SSSR count). The van der Waals surface area contributed by atoms with Gasteiger partial charge in [0.1, 0.15) is 5.75 Å². The molecule has 0 amide bonds. The van der Waals surface area contributed by atoms with Crippen LogP contribution in [0.25, 0.3) is 0 Å². The number of phenols is 1. The normalized spacial score (nSPS) is 11.3. The van der Waals surface area contributed by atoms with Gasteiger partial charge in [-0.25, -0.2) is 13.4 Å². The summed E-state index contributed by atoms with van der Waals surface area (Å²) < 4.78 is 26.3. The Morgan fingerprint density at radius 2 is 2.14 bits per heavy atom. The van der Waals surface area contributed by atoms with Gasteiger partial charge in [-0.15, -0.1) is 0 Å². The Labute approximate surface area is 128 Å². The second-order valence-electron chi connectivity index (χ2n) is 3.87. The van der Waals surface area contributed by atoms with Gasteiger partial charge >= 0.3 is 0 Å². The van der Waals surface area contributed by atoms with Crippen LogP contribution in [0.2, 0.25) is 4.47 Å². The Balaban J connectivity index is 2.52. The van der Waals surface area contributed by atoms with Crippen LogP contribution in [-0.2, 0) is 10.0 Å². The summed E-state index contributed by atoms with van der Waals surface area (Å²) in [5, 5.41) is 20.6. The second-order valence-corrected chi connectivity index (χ2v) is 7.33. The maximum Gasteiger partial charge on any atom is 0.297 e. The molecule has 0 unspecified atom stereocenters. The van der Waals surface area contributed by atoms with Crippen LogP contribution in [0.5, 0.6) is 5.75 Å². The molecule has 0 aliphatic rings. The molecule has 112 valence electrons. The predicted molar refractivity (Wildman–Crippen MR) is 77.4 cm³/mol. The Kier molecular flexibility index (Phi) is 4.03. The van der Waals surface area contributed by atoms with Gasteiger partial charge in [0.05, 0.1) is 10.6 Å². The largest absolute Gasteiger partial charge is 0.505 e. The summed E-state index contributed by atoms with van der Waals surface area (Å²) in [6.45, 7) is 1.44. The van der Waals surface area contributed by atoms with Crippen molar-refractivity contribution < 1.29 is 18.4 Å². The third-order valence-corrected chi connectivity index (χ3v) is 5.65. The number of nitro benzene ring substituents is 1. The molecule has 1 heterocycles. The lowest BCUT2D eigenvalue weighted by Gasteiger charge is -2.08. The van der Waals surface area contributed by atoms with Gasteiger partial charge in [0.25, 0.3) is 15.7 Å². The van der Waals surface area contributed by atoms with E-state index in [9.17, 15) is 23.6 Å². The molecule has 1 aromatic heterocycles. The summed E-state index contributed by atoms with van der Waals surface area (Å²) >= 11 is 6.36. The molecule has 11 heteroatoms. The minimum atomic E-state index is -4.14. The van der Waals surface area contributed by atoms with E-state index in [1.54, 1.807) is 0 Å². The lowest BCUT2D eigenvalue weighted by atomic mass is 10.2. The first-order valence-electron chi connectivity index (χ1n) is 5.34. The van der Waals surface area contributed by atoms with E-state index < -0.39 is 32.1 Å². The molecule has 0 aliphatic carbocycles. The summed E-state index contributed by atoms with van der Waals surface area (Å²) in [5.41, 5.74) is -0.908. The van der Waals surface area contributed by atoms with Gasteiger partial charge in [-0.1, -0.05) is 29.0 Å². The fraction of sp³-hybridized carbons (Fsp3) is 0.100. The quantitative estimate of drug-likeness (QED) is 0.496. The number of aryl methyl sites for hydroxylation is 1. The van der Waals surface area contributed by atoms with Crippen LogP contribution in [0.3, 0.4) is 0 Å². The standard InChI is InChI=1S/C10H8ClN3O5S2/c1-5-9(20-10(11)12-5)21(18,19)13-8-6(14(16)17)3-2-4-7(8)15/h2-4,13,15H,1H3. The molecule has 8 nitrogen and oxygen atoms in total. The van der Waals surface area contributed by atoms with Crippen LogP contribution in [0.4, 0.5) is 11.4 Å². The molecule has 1 aromatic carbocycles. The Hall–Kier alpha value is -1.91. The SMILES string of the molecule is Cc1nc(Cl)sc1S(=O)(=O)Nc1c(O)cccc1[N+](=O)[O-]. The number of hydrogen-bond donors (Lipinski definition) is 2. The highest BCUT2D eigenvalue weighted by atomic mass is 35.5. The third kappa shape index (κ3) is 3.06.